The fraction of sp³-hybridized carbons (Fsp3) is 0.438. The van der Waals surface area contributed by atoms with Crippen molar-refractivity contribution in [1.82, 2.24) is 0 Å². The van der Waals surface area contributed by atoms with Crippen molar-refractivity contribution in [1.29, 1.82) is 0 Å². The van der Waals surface area contributed by atoms with E-state index in [0.717, 1.165) is 0 Å². The summed E-state index contributed by atoms with van der Waals surface area (Å²) in [5.41, 5.74) is 0. The SMILES string of the molecule is CCOC(=O)CCC(C)=O.O=C1CCC(=O)O1.O=Cc1ccco1. The van der Waals surface area contributed by atoms with E-state index in [2.05, 4.69) is 13.9 Å². The van der Waals surface area contributed by atoms with Crippen molar-refractivity contribution < 1.29 is 37.9 Å². The van der Waals surface area contributed by atoms with Crippen LogP contribution in [0.3, 0.4) is 0 Å². The van der Waals surface area contributed by atoms with Crippen LogP contribution in [0.5, 0.6) is 0 Å². The number of ether oxygens (including phenoxy) is 2. The third-order valence-electron chi connectivity index (χ3n) is 2.41. The van der Waals surface area contributed by atoms with Gasteiger partial charge in [0, 0.05) is 6.42 Å². The Kier molecular flexibility index (Phi) is 11.3. The van der Waals surface area contributed by atoms with E-state index in [1.165, 1.54) is 13.2 Å². The van der Waals surface area contributed by atoms with Crippen LogP contribution in [0.25, 0.3) is 0 Å². The van der Waals surface area contributed by atoms with Crippen molar-refractivity contribution in [2.24, 2.45) is 0 Å². The molecule has 0 aromatic carbocycles. The molecule has 0 amide bonds. The number of cyclic esters (lactones) is 2. The Labute approximate surface area is 139 Å². The molecule has 2 rings (SSSR count). The molecule has 0 bridgehead atoms. The number of Topliss-reactive ketones (excluding diaryl/α,β-unsaturated/α-hetero) is 1. The molecule has 1 fully saturated rings. The van der Waals surface area contributed by atoms with E-state index in [-0.39, 0.29) is 31.0 Å². The number of carbonyl (C=O) groups excluding carboxylic acids is 5. The Hall–Kier alpha value is -2.77. The molecule has 1 aromatic heterocycles. The molecule has 1 aromatic rings. The van der Waals surface area contributed by atoms with Gasteiger partial charge in [-0.15, -0.1) is 0 Å². The van der Waals surface area contributed by atoms with Gasteiger partial charge in [-0.1, -0.05) is 0 Å². The molecular weight excluding hydrogens is 320 g/mol. The van der Waals surface area contributed by atoms with Crippen LogP contribution in [0, 0.1) is 0 Å². The number of carbonyl (C=O) groups is 5. The zero-order valence-electron chi connectivity index (χ0n) is 13.6. The first-order valence-corrected chi connectivity index (χ1v) is 7.26. The summed E-state index contributed by atoms with van der Waals surface area (Å²) in [5, 5.41) is 0. The van der Waals surface area contributed by atoms with Crippen molar-refractivity contribution in [2.45, 2.75) is 39.5 Å². The lowest BCUT2D eigenvalue weighted by Crippen LogP contribution is -2.05. The van der Waals surface area contributed by atoms with Crippen molar-refractivity contribution in [3.05, 3.63) is 24.2 Å². The average molecular weight is 340 g/mol. The second kappa shape index (κ2) is 12.7. The van der Waals surface area contributed by atoms with Crippen LogP contribution in [0.15, 0.2) is 22.8 Å². The van der Waals surface area contributed by atoms with Crippen LogP contribution in [-0.2, 0) is 28.7 Å². The van der Waals surface area contributed by atoms with Gasteiger partial charge in [-0.05, 0) is 26.0 Å². The number of hydrogen-bond donors (Lipinski definition) is 0. The second-order valence-electron chi connectivity index (χ2n) is 4.49. The van der Waals surface area contributed by atoms with E-state index >= 15 is 0 Å². The predicted molar refractivity (Wildman–Crippen MR) is 81.0 cm³/mol. The summed E-state index contributed by atoms with van der Waals surface area (Å²) in [7, 11) is 0. The summed E-state index contributed by atoms with van der Waals surface area (Å²) < 4.78 is 13.3. The third kappa shape index (κ3) is 11.8. The number of furan rings is 1. The molecular formula is C16H20O8. The van der Waals surface area contributed by atoms with E-state index in [0.29, 0.717) is 25.1 Å². The zero-order chi connectivity index (χ0) is 18.4. The minimum absolute atomic E-state index is 0.0213. The maximum absolute atomic E-state index is 10.6. The molecule has 1 aliphatic rings. The highest BCUT2D eigenvalue weighted by Gasteiger charge is 2.19. The van der Waals surface area contributed by atoms with Gasteiger partial charge in [0.05, 0.1) is 32.1 Å². The fourth-order valence-electron chi connectivity index (χ4n) is 1.30. The Bertz CT molecular complexity index is 530. The summed E-state index contributed by atoms with van der Waals surface area (Å²) in [6.45, 7) is 3.58. The molecule has 0 N–H and O–H groups in total. The first-order chi connectivity index (χ1) is 11.4. The number of rotatable bonds is 5. The monoisotopic (exact) mass is 340 g/mol. The van der Waals surface area contributed by atoms with Gasteiger partial charge in [0.2, 0.25) is 0 Å². The molecule has 1 saturated heterocycles. The summed E-state index contributed by atoms with van der Waals surface area (Å²) >= 11 is 0. The van der Waals surface area contributed by atoms with Gasteiger partial charge in [-0.2, -0.15) is 0 Å². The first kappa shape index (κ1) is 21.2. The van der Waals surface area contributed by atoms with Crippen LogP contribution < -0.4 is 0 Å². The quantitative estimate of drug-likeness (QED) is 0.453. The molecule has 0 radical (unpaired) electrons. The highest BCUT2D eigenvalue weighted by atomic mass is 16.6. The smallest absolute Gasteiger partial charge is 0.314 e. The number of ketones is 1. The van der Waals surface area contributed by atoms with E-state index < -0.39 is 11.9 Å². The molecule has 8 heteroatoms. The largest absolute Gasteiger partial charge is 0.466 e. The van der Waals surface area contributed by atoms with Crippen LogP contribution in [0.1, 0.15) is 50.1 Å². The highest BCUT2D eigenvalue weighted by molar-refractivity contribution is 5.92. The van der Waals surface area contributed by atoms with Gasteiger partial charge < -0.3 is 18.7 Å². The van der Waals surface area contributed by atoms with E-state index in [4.69, 9.17) is 0 Å². The van der Waals surface area contributed by atoms with E-state index in [1.807, 2.05) is 0 Å². The van der Waals surface area contributed by atoms with E-state index in [9.17, 15) is 24.0 Å². The van der Waals surface area contributed by atoms with E-state index in [1.54, 1.807) is 19.1 Å². The second-order valence-corrected chi connectivity index (χ2v) is 4.49. The van der Waals surface area contributed by atoms with Crippen LogP contribution in [0.4, 0.5) is 0 Å². The summed E-state index contributed by atoms with van der Waals surface area (Å²) in [5.74, 6) is -0.694. The molecule has 0 atom stereocenters. The van der Waals surface area contributed by atoms with Crippen molar-refractivity contribution in [2.75, 3.05) is 6.61 Å². The van der Waals surface area contributed by atoms with Gasteiger partial charge in [0.1, 0.15) is 5.78 Å². The zero-order valence-corrected chi connectivity index (χ0v) is 13.6. The lowest BCUT2D eigenvalue weighted by atomic mass is 10.2. The number of hydrogen-bond acceptors (Lipinski definition) is 8. The standard InChI is InChI=1S/C7H12O3.C5H4O2.C4H4O3/c1-3-10-7(9)5-4-6(2)8;6-4-5-2-1-3-7-5;5-3-1-2-4(6)7-3/h3-5H2,1-2H3;1-4H;1-2H2. The van der Waals surface area contributed by atoms with Gasteiger partial charge in [0.25, 0.3) is 0 Å². The molecule has 24 heavy (non-hydrogen) atoms. The average Bonchev–Trinajstić information content (AvgIpc) is 3.18. The molecule has 1 aliphatic heterocycles. The lowest BCUT2D eigenvalue weighted by Gasteiger charge is -1.97. The molecule has 0 spiro atoms. The molecule has 2 heterocycles. The Morgan fingerprint density at radius 2 is 1.83 bits per heavy atom. The van der Waals surface area contributed by atoms with Crippen LogP contribution >= 0.6 is 0 Å². The van der Waals surface area contributed by atoms with Crippen molar-refractivity contribution in [3.8, 4) is 0 Å². The third-order valence-corrected chi connectivity index (χ3v) is 2.41. The minimum atomic E-state index is -0.398. The maximum atomic E-state index is 10.6. The highest BCUT2D eigenvalue weighted by Crippen LogP contribution is 2.03. The van der Waals surface area contributed by atoms with Gasteiger partial charge in [-0.3, -0.25) is 19.2 Å². The van der Waals surface area contributed by atoms with Gasteiger partial charge in [-0.25, -0.2) is 0 Å². The number of aldehydes is 1. The fourth-order valence-corrected chi connectivity index (χ4v) is 1.30. The Morgan fingerprint density at radius 1 is 1.21 bits per heavy atom. The first-order valence-electron chi connectivity index (χ1n) is 7.26. The van der Waals surface area contributed by atoms with Crippen LogP contribution in [-0.4, -0.2) is 36.6 Å². The van der Waals surface area contributed by atoms with Crippen molar-refractivity contribution >= 4 is 30.0 Å². The minimum Gasteiger partial charge on any atom is -0.466 e. The van der Waals surface area contributed by atoms with Gasteiger partial charge in [0.15, 0.2) is 12.0 Å². The van der Waals surface area contributed by atoms with Gasteiger partial charge >= 0.3 is 17.9 Å². The molecule has 8 nitrogen and oxygen atoms in total. The Balaban J connectivity index is 0.000000337. The number of esters is 3. The summed E-state index contributed by atoms with van der Waals surface area (Å²) in [6, 6.07) is 3.27. The molecule has 132 valence electrons. The lowest BCUT2D eigenvalue weighted by molar-refractivity contribution is -0.152. The summed E-state index contributed by atoms with van der Waals surface area (Å²) in [4.78, 5) is 50.7. The summed E-state index contributed by atoms with van der Waals surface area (Å²) in [6.07, 6.45) is 3.16. The van der Waals surface area contributed by atoms with Crippen LogP contribution in [0.2, 0.25) is 0 Å². The maximum Gasteiger partial charge on any atom is 0.314 e. The van der Waals surface area contributed by atoms with Crippen molar-refractivity contribution in [3.63, 3.8) is 0 Å². The normalized spacial score (nSPS) is 12.1. The predicted octanol–water partition coefficient (Wildman–Crippen LogP) is 1.86. The molecule has 0 unspecified atom stereocenters. The molecule has 0 aliphatic carbocycles. The Morgan fingerprint density at radius 3 is 2.12 bits per heavy atom. The topological polar surface area (TPSA) is 117 Å². The molecule has 0 saturated carbocycles.